The lowest BCUT2D eigenvalue weighted by molar-refractivity contribution is -0.118. The van der Waals surface area contributed by atoms with E-state index in [0.717, 1.165) is 24.7 Å². The maximum Gasteiger partial charge on any atom is 0.230 e. The molecule has 0 atom stereocenters. The van der Waals surface area contributed by atoms with E-state index >= 15 is 0 Å². The predicted molar refractivity (Wildman–Crippen MR) is 91.3 cm³/mol. The van der Waals surface area contributed by atoms with Crippen LogP contribution in [0.1, 0.15) is 39.5 Å². The Labute approximate surface area is 141 Å². The fourth-order valence-electron chi connectivity index (χ4n) is 2.23. The zero-order valence-corrected chi connectivity index (χ0v) is 14.6. The summed E-state index contributed by atoms with van der Waals surface area (Å²) in [7, 11) is 0. The van der Waals surface area contributed by atoms with Gasteiger partial charge < -0.3 is 9.73 Å². The number of hydrogen-bond acceptors (Lipinski definition) is 5. The molecule has 0 fully saturated rings. The molecule has 6 nitrogen and oxygen atoms in total. The second-order valence-corrected chi connectivity index (χ2v) is 6.17. The van der Waals surface area contributed by atoms with Crippen molar-refractivity contribution in [3.8, 4) is 11.6 Å². The highest BCUT2D eigenvalue weighted by Gasteiger charge is 2.15. The van der Waals surface area contributed by atoms with Crippen molar-refractivity contribution in [2.24, 2.45) is 0 Å². The fraction of sp³-hybridized carbons (Fsp3) is 0.562. The van der Waals surface area contributed by atoms with Gasteiger partial charge in [0.05, 0.1) is 12.0 Å². The molecule has 0 unspecified atom stereocenters. The van der Waals surface area contributed by atoms with E-state index in [1.165, 1.54) is 31.0 Å². The topological polar surface area (TPSA) is 73.0 Å². The summed E-state index contributed by atoms with van der Waals surface area (Å²) in [6.45, 7) is 5.67. The first-order valence-electron chi connectivity index (χ1n) is 8.12. The molecule has 1 amide bonds. The number of furan rings is 1. The number of aromatic nitrogens is 3. The lowest BCUT2D eigenvalue weighted by Gasteiger charge is -2.06. The highest BCUT2D eigenvalue weighted by Crippen LogP contribution is 2.23. The molecule has 2 aromatic rings. The summed E-state index contributed by atoms with van der Waals surface area (Å²) in [5.74, 6) is 1.77. The molecule has 0 spiro atoms. The molecule has 23 heavy (non-hydrogen) atoms. The van der Waals surface area contributed by atoms with E-state index in [1.54, 1.807) is 6.26 Å². The smallest absolute Gasteiger partial charge is 0.230 e. The summed E-state index contributed by atoms with van der Waals surface area (Å²) >= 11 is 1.40. The third-order valence-electron chi connectivity index (χ3n) is 3.46. The number of hydrogen-bond donors (Lipinski definition) is 1. The Hall–Kier alpha value is -1.76. The van der Waals surface area contributed by atoms with Crippen LogP contribution in [0.5, 0.6) is 0 Å². The number of carbonyl (C=O) groups is 1. The van der Waals surface area contributed by atoms with Crippen LogP contribution in [0.2, 0.25) is 0 Å². The summed E-state index contributed by atoms with van der Waals surface area (Å²) in [5, 5.41) is 12.0. The van der Waals surface area contributed by atoms with Crippen LogP contribution in [0, 0.1) is 0 Å². The van der Waals surface area contributed by atoms with Gasteiger partial charge in [-0.1, -0.05) is 37.9 Å². The second kappa shape index (κ2) is 9.39. The van der Waals surface area contributed by atoms with Crippen molar-refractivity contribution in [3.05, 3.63) is 18.4 Å². The van der Waals surface area contributed by atoms with Gasteiger partial charge in [0, 0.05) is 13.1 Å². The SMILES string of the molecule is CCCCCCNC(=O)CSc1nnc(-c2ccco2)n1CC. The van der Waals surface area contributed by atoms with Crippen molar-refractivity contribution in [1.29, 1.82) is 0 Å². The van der Waals surface area contributed by atoms with E-state index in [2.05, 4.69) is 22.4 Å². The fourth-order valence-corrected chi connectivity index (χ4v) is 3.06. The zero-order chi connectivity index (χ0) is 16.5. The van der Waals surface area contributed by atoms with Crippen LogP contribution in [0.25, 0.3) is 11.6 Å². The normalized spacial score (nSPS) is 10.9. The molecular weight excluding hydrogens is 312 g/mol. The van der Waals surface area contributed by atoms with Gasteiger partial charge in [-0.3, -0.25) is 9.36 Å². The van der Waals surface area contributed by atoms with Gasteiger partial charge in [0.15, 0.2) is 16.7 Å². The van der Waals surface area contributed by atoms with Crippen molar-refractivity contribution in [1.82, 2.24) is 20.1 Å². The average molecular weight is 336 g/mol. The van der Waals surface area contributed by atoms with Gasteiger partial charge in [-0.2, -0.15) is 0 Å². The van der Waals surface area contributed by atoms with E-state index in [1.807, 2.05) is 23.6 Å². The van der Waals surface area contributed by atoms with Gasteiger partial charge in [-0.25, -0.2) is 0 Å². The Morgan fingerprint density at radius 3 is 2.87 bits per heavy atom. The molecule has 0 saturated carbocycles. The molecule has 1 N–H and O–H groups in total. The Balaban J connectivity index is 1.83. The molecule has 126 valence electrons. The van der Waals surface area contributed by atoms with Crippen LogP contribution >= 0.6 is 11.8 Å². The maximum atomic E-state index is 11.9. The number of unbranched alkanes of at least 4 members (excludes halogenated alkanes) is 3. The van der Waals surface area contributed by atoms with E-state index < -0.39 is 0 Å². The first-order valence-corrected chi connectivity index (χ1v) is 9.11. The first-order chi connectivity index (χ1) is 11.3. The molecule has 0 saturated heterocycles. The molecule has 2 heterocycles. The van der Waals surface area contributed by atoms with Crippen LogP contribution in [-0.4, -0.2) is 33.0 Å². The van der Waals surface area contributed by atoms with E-state index in [-0.39, 0.29) is 5.91 Å². The molecule has 0 aliphatic carbocycles. The van der Waals surface area contributed by atoms with Crippen molar-refractivity contribution in [3.63, 3.8) is 0 Å². The van der Waals surface area contributed by atoms with Crippen molar-refractivity contribution >= 4 is 17.7 Å². The molecule has 0 aliphatic rings. The molecule has 2 aromatic heterocycles. The highest BCUT2D eigenvalue weighted by molar-refractivity contribution is 7.99. The number of thioether (sulfide) groups is 1. The third kappa shape index (κ3) is 5.13. The summed E-state index contributed by atoms with van der Waals surface area (Å²) in [6.07, 6.45) is 6.25. The minimum atomic E-state index is 0.0386. The Kier molecular flexibility index (Phi) is 7.19. The van der Waals surface area contributed by atoms with Crippen LogP contribution in [0.4, 0.5) is 0 Å². The minimum absolute atomic E-state index is 0.0386. The summed E-state index contributed by atoms with van der Waals surface area (Å²) in [4.78, 5) is 11.9. The summed E-state index contributed by atoms with van der Waals surface area (Å²) in [6, 6.07) is 3.68. The molecule has 0 bridgehead atoms. The maximum absolute atomic E-state index is 11.9. The largest absolute Gasteiger partial charge is 0.461 e. The van der Waals surface area contributed by atoms with Crippen molar-refractivity contribution in [2.45, 2.75) is 51.2 Å². The van der Waals surface area contributed by atoms with Gasteiger partial charge >= 0.3 is 0 Å². The van der Waals surface area contributed by atoms with Crippen LogP contribution in [-0.2, 0) is 11.3 Å². The number of carbonyl (C=O) groups excluding carboxylic acids is 1. The van der Waals surface area contributed by atoms with Crippen molar-refractivity contribution in [2.75, 3.05) is 12.3 Å². The average Bonchev–Trinajstić information content (AvgIpc) is 3.21. The standard InChI is InChI=1S/C16H24N4O2S/c1-3-5-6-7-10-17-14(21)12-23-16-19-18-15(20(16)4-2)13-9-8-11-22-13/h8-9,11H,3-7,10,12H2,1-2H3,(H,17,21). The summed E-state index contributed by atoms with van der Waals surface area (Å²) < 4.78 is 7.33. The van der Waals surface area contributed by atoms with Crippen LogP contribution in [0.15, 0.2) is 28.0 Å². The minimum Gasteiger partial charge on any atom is -0.461 e. The van der Waals surface area contributed by atoms with E-state index in [0.29, 0.717) is 17.3 Å². The number of nitrogens with one attached hydrogen (secondary N) is 1. The van der Waals surface area contributed by atoms with Gasteiger partial charge in [-0.05, 0) is 25.5 Å². The zero-order valence-electron chi connectivity index (χ0n) is 13.7. The molecule has 0 radical (unpaired) electrons. The quantitative estimate of drug-likeness (QED) is 0.532. The van der Waals surface area contributed by atoms with Gasteiger partial charge in [0.2, 0.25) is 5.91 Å². The molecule has 0 aliphatic heterocycles. The molecule has 7 heteroatoms. The number of amides is 1. The summed E-state index contributed by atoms with van der Waals surface area (Å²) in [5.41, 5.74) is 0. The Morgan fingerprint density at radius 2 is 2.17 bits per heavy atom. The molecule has 0 aromatic carbocycles. The molecular formula is C16H24N4O2S. The third-order valence-corrected chi connectivity index (χ3v) is 4.43. The Morgan fingerprint density at radius 1 is 1.30 bits per heavy atom. The van der Waals surface area contributed by atoms with Crippen molar-refractivity contribution < 1.29 is 9.21 Å². The van der Waals surface area contributed by atoms with Gasteiger partial charge in [-0.15, -0.1) is 10.2 Å². The number of nitrogens with zero attached hydrogens (tertiary/aromatic N) is 3. The first kappa shape index (κ1) is 17.6. The van der Waals surface area contributed by atoms with Crippen LogP contribution in [0.3, 0.4) is 0 Å². The lowest BCUT2D eigenvalue weighted by Crippen LogP contribution is -2.26. The molecule has 2 rings (SSSR count). The van der Waals surface area contributed by atoms with E-state index in [4.69, 9.17) is 4.42 Å². The predicted octanol–water partition coefficient (Wildman–Crippen LogP) is 3.35. The van der Waals surface area contributed by atoms with Crippen LogP contribution < -0.4 is 5.32 Å². The number of rotatable bonds is 10. The second-order valence-electron chi connectivity index (χ2n) is 5.23. The lowest BCUT2D eigenvalue weighted by atomic mass is 10.2. The van der Waals surface area contributed by atoms with Gasteiger partial charge in [0.1, 0.15) is 0 Å². The highest BCUT2D eigenvalue weighted by atomic mass is 32.2. The van der Waals surface area contributed by atoms with Gasteiger partial charge in [0.25, 0.3) is 0 Å². The Bertz CT molecular complexity index is 595. The van der Waals surface area contributed by atoms with E-state index in [9.17, 15) is 4.79 Å². The monoisotopic (exact) mass is 336 g/mol.